The average Bonchev–Trinajstić information content (AvgIpc) is 2.96. The largest absolute Gasteiger partial charge is 0.378 e. The maximum atomic E-state index is 5.14. The molecule has 5 nitrogen and oxygen atoms in total. The Morgan fingerprint density at radius 3 is 3.29 bits per heavy atom. The van der Waals surface area contributed by atoms with Crippen LogP contribution in [0, 0.1) is 0 Å². The number of piperazine rings is 1. The van der Waals surface area contributed by atoms with Crippen molar-refractivity contribution in [2.24, 2.45) is 0 Å². The molecule has 112 valence electrons. The van der Waals surface area contributed by atoms with Gasteiger partial charge in [0.25, 0.3) is 0 Å². The zero-order valence-corrected chi connectivity index (χ0v) is 13.0. The fourth-order valence-corrected chi connectivity index (χ4v) is 3.41. The molecule has 3 heterocycles. The zero-order chi connectivity index (χ0) is 14.5. The minimum absolute atomic E-state index is 0.361. The van der Waals surface area contributed by atoms with Crippen molar-refractivity contribution in [3.8, 4) is 0 Å². The molecular formula is C15H20N4OS. The molecule has 1 unspecified atom stereocenters. The van der Waals surface area contributed by atoms with Crippen LogP contribution in [0.5, 0.6) is 0 Å². The zero-order valence-electron chi connectivity index (χ0n) is 12.2. The molecule has 1 fully saturated rings. The van der Waals surface area contributed by atoms with E-state index in [2.05, 4.69) is 31.6 Å². The van der Waals surface area contributed by atoms with Crippen molar-refractivity contribution >= 4 is 11.3 Å². The van der Waals surface area contributed by atoms with Crippen molar-refractivity contribution in [2.45, 2.75) is 19.2 Å². The van der Waals surface area contributed by atoms with E-state index in [1.54, 1.807) is 18.4 Å². The number of thiazole rings is 1. The lowest BCUT2D eigenvalue weighted by atomic mass is 10.1. The Kier molecular flexibility index (Phi) is 4.92. The average molecular weight is 304 g/mol. The highest BCUT2D eigenvalue weighted by atomic mass is 32.1. The van der Waals surface area contributed by atoms with E-state index in [0.717, 1.165) is 36.9 Å². The molecule has 1 aliphatic rings. The lowest BCUT2D eigenvalue weighted by Gasteiger charge is -2.35. The second-order valence-electron chi connectivity index (χ2n) is 5.14. The Morgan fingerprint density at radius 1 is 1.52 bits per heavy atom. The molecule has 0 amide bonds. The SMILES string of the molecule is COCc1nc(CN2CCNCC2c2cccnc2)cs1. The number of nitrogens with one attached hydrogen (secondary N) is 1. The lowest BCUT2D eigenvalue weighted by Crippen LogP contribution is -2.45. The number of aromatic nitrogens is 2. The molecule has 0 saturated carbocycles. The molecule has 3 rings (SSSR count). The van der Waals surface area contributed by atoms with Crippen LogP contribution in [0.4, 0.5) is 0 Å². The van der Waals surface area contributed by atoms with Crippen LogP contribution in [0.2, 0.25) is 0 Å². The monoisotopic (exact) mass is 304 g/mol. The van der Waals surface area contributed by atoms with Crippen LogP contribution < -0.4 is 5.32 Å². The van der Waals surface area contributed by atoms with Gasteiger partial charge < -0.3 is 10.1 Å². The molecule has 1 N–H and O–H groups in total. The van der Waals surface area contributed by atoms with E-state index in [4.69, 9.17) is 4.74 Å². The molecule has 2 aromatic rings. The van der Waals surface area contributed by atoms with Gasteiger partial charge in [-0.3, -0.25) is 9.88 Å². The van der Waals surface area contributed by atoms with Crippen LogP contribution in [0.3, 0.4) is 0 Å². The molecule has 1 saturated heterocycles. The Balaban J connectivity index is 1.72. The third-order valence-corrected chi connectivity index (χ3v) is 4.53. The summed E-state index contributed by atoms with van der Waals surface area (Å²) in [6.45, 7) is 4.48. The van der Waals surface area contributed by atoms with Crippen molar-refractivity contribution in [1.29, 1.82) is 0 Å². The smallest absolute Gasteiger partial charge is 0.119 e. The fraction of sp³-hybridized carbons (Fsp3) is 0.467. The summed E-state index contributed by atoms with van der Waals surface area (Å²) in [7, 11) is 1.70. The summed E-state index contributed by atoms with van der Waals surface area (Å²) in [5, 5.41) is 6.65. The molecule has 0 aliphatic carbocycles. The van der Waals surface area contributed by atoms with Crippen LogP contribution in [0.25, 0.3) is 0 Å². The first kappa shape index (κ1) is 14.6. The summed E-state index contributed by atoms with van der Waals surface area (Å²) in [5.74, 6) is 0. The molecule has 1 atom stereocenters. The van der Waals surface area contributed by atoms with E-state index in [1.807, 2.05) is 18.5 Å². The Morgan fingerprint density at radius 2 is 2.48 bits per heavy atom. The van der Waals surface area contributed by atoms with Gasteiger partial charge in [0.2, 0.25) is 0 Å². The van der Waals surface area contributed by atoms with Crippen LogP contribution >= 0.6 is 11.3 Å². The molecule has 1 aliphatic heterocycles. The lowest BCUT2D eigenvalue weighted by molar-refractivity contribution is 0.151. The number of hydrogen-bond acceptors (Lipinski definition) is 6. The first-order valence-corrected chi connectivity index (χ1v) is 8.01. The van der Waals surface area contributed by atoms with Crippen LogP contribution in [0.15, 0.2) is 29.9 Å². The molecule has 0 bridgehead atoms. The third-order valence-electron chi connectivity index (χ3n) is 3.66. The van der Waals surface area contributed by atoms with Gasteiger partial charge in [0.15, 0.2) is 0 Å². The normalized spacial score (nSPS) is 19.8. The third kappa shape index (κ3) is 3.65. The predicted molar refractivity (Wildman–Crippen MR) is 83.1 cm³/mol. The second-order valence-corrected chi connectivity index (χ2v) is 6.09. The number of methoxy groups -OCH3 is 1. The molecule has 0 radical (unpaired) electrons. The number of pyridine rings is 1. The Labute approximate surface area is 129 Å². The van der Waals surface area contributed by atoms with E-state index in [0.29, 0.717) is 12.6 Å². The molecular weight excluding hydrogens is 284 g/mol. The molecule has 6 heteroatoms. The molecule has 0 aromatic carbocycles. The molecule has 0 spiro atoms. The van der Waals surface area contributed by atoms with Crippen LogP contribution in [-0.2, 0) is 17.9 Å². The van der Waals surface area contributed by atoms with Crippen molar-refractivity contribution in [3.05, 3.63) is 46.2 Å². The van der Waals surface area contributed by atoms with Crippen molar-refractivity contribution in [1.82, 2.24) is 20.2 Å². The predicted octanol–water partition coefficient (Wildman–Crippen LogP) is 1.83. The highest BCUT2D eigenvalue weighted by Crippen LogP contribution is 2.24. The Hall–Kier alpha value is -1.34. The minimum atomic E-state index is 0.361. The summed E-state index contributed by atoms with van der Waals surface area (Å²) in [5.41, 5.74) is 2.39. The van der Waals surface area contributed by atoms with Crippen molar-refractivity contribution in [3.63, 3.8) is 0 Å². The van der Waals surface area contributed by atoms with Gasteiger partial charge in [0.1, 0.15) is 5.01 Å². The van der Waals surface area contributed by atoms with E-state index < -0.39 is 0 Å². The maximum absolute atomic E-state index is 5.14. The van der Waals surface area contributed by atoms with E-state index in [1.165, 1.54) is 5.56 Å². The van der Waals surface area contributed by atoms with E-state index in [9.17, 15) is 0 Å². The second kappa shape index (κ2) is 7.09. The minimum Gasteiger partial charge on any atom is -0.378 e. The van der Waals surface area contributed by atoms with Crippen LogP contribution in [0.1, 0.15) is 22.3 Å². The van der Waals surface area contributed by atoms with Gasteiger partial charge in [-0.05, 0) is 11.6 Å². The van der Waals surface area contributed by atoms with Gasteiger partial charge in [0.05, 0.1) is 12.3 Å². The van der Waals surface area contributed by atoms with Crippen molar-refractivity contribution in [2.75, 3.05) is 26.7 Å². The van der Waals surface area contributed by atoms with Gasteiger partial charge in [-0.1, -0.05) is 6.07 Å². The van der Waals surface area contributed by atoms with Gasteiger partial charge >= 0.3 is 0 Å². The fourth-order valence-electron chi connectivity index (χ4n) is 2.66. The number of hydrogen-bond donors (Lipinski definition) is 1. The molecule has 2 aromatic heterocycles. The summed E-state index contributed by atoms with van der Waals surface area (Å²) in [6, 6.07) is 4.51. The van der Waals surface area contributed by atoms with E-state index >= 15 is 0 Å². The maximum Gasteiger partial charge on any atom is 0.119 e. The van der Waals surface area contributed by atoms with Crippen molar-refractivity contribution < 1.29 is 4.74 Å². The summed E-state index contributed by atoms with van der Waals surface area (Å²) >= 11 is 1.67. The standard InChI is InChI=1S/C15H20N4OS/c1-20-10-15-18-13(11-21-15)9-19-6-5-17-8-14(19)12-3-2-4-16-7-12/h2-4,7,11,14,17H,5-6,8-10H2,1H3. The van der Waals surface area contributed by atoms with Gasteiger partial charge in [-0.2, -0.15) is 0 Å². The van der Waals surface area contributed by atoms with Crippen LogP contribution in [-0.4, -0.2) is 41.6 Å². The number of nitrogens with zero attached hydrogens (tertiary/aromatic N) is 3. The van der Waals surface area contributed by atoms with Gasteiger partial charge in [0, 0.05) is 57.1 Å². The van der Waals surface area contributed by atoms with Gasteiger partial charge in [-0.15, -0.1) is 11.3 Å². The summed E-state index contributed by atoms with van der Waals surface area (Å²) in [6.07, 6.45) is 3.78. The highest BCUT2D eigenvalue weighted by molar-refractivity contribution is 7.09. The number of rotatable bonds is 5. The summed E-state index contributed by atoms with van der Waals surface area (Å²) < 4.78 is 5.14. The van der Waals surface area contributed by atoms with Gasteiger partial charge in [-0.25, -0.2) is 4.98 Å². The van der Waals surface area contributed by atoms with E-state index in [-0.39, 0.29) is 0 Å². The topological polar surface area (TPSA) is 50.3 Å². The number of ether oxygens (including phenoxy) is 1. The first-order valence-electron chi connectivity index (χ1n) is 7.13. The quantitative estimate of drug-likeness (QED) is 0.913. The highest BCUT2D eigenvalue weighted by Gasteiger charge is 2.24. The molecule has 21 heavy (non-hydrogen) atoms. The Bertz CT molecular complexity index is 560. The first-order chi connectivity index (χ1) is 10.4. The summed E-state index contributed by atoms with van der Waals surface area (Å²) in [4.78, 5) is 11.4.